The maximum absolute atomic E-state index is 12.2. The van der Waals surface area contributed by atoms with Gasteiger partial charge in [0.15, 0.2) is 0 Å². The number of nitrogens with zero attached hydrogens (tertiary/aromatic N) is 1. The van der Waals surface area contributed by atoms with Gasteiger partial charge in [-0.1, -0.05) is 46.5 Å². The highest BCUT2D eigenvalue weighted by Crippen LogP contribution is 2.24. The Labute approximate surface area is 100 Å². The van der Waals surface area contributed by atoms with E-state index < -0.39 is 0 Å². The van der Waals surface area contributed by atoms with Crippen LogP contribution in [0.15, 0.2) is 0 Å². The second-order valence-corrected chi connectivity index (χ2v) is 5.33. The first-order valence-corrected chi connectivity index (χ1v) is 6.97. The molecule has 0 N–H and O–H groups in total. The van der Waals surface area contributed by atoms with E-state index in [1.54, 1.807) is 0 Å². The molecule has 0 spiro atoms. The molecule has 0 atom stereocenters. The zero-order chi connectivity index (χ0) is 12.0. The van der Waals surface area contributed by atoms with Crippen molar-refractivity contribution in [1.29, 1.82) is 0 Å². The molecule has 0 unspecified atom stereocenters. The van der Waals surface area contributed by atoms with Gasteiger partial charge in [-0.3, -0.25) is 4.79 Å². The van der Waals surface area contributed by atoms with Crippen molar-refractivity contribution in [3.63, 3.8) is 0 Å². The summed E-state index contributed by atoms with van der Waals surface area (Å²) in [6.45, 7) is 7.20. The van der Waals surface area contributed by atoms with Gasteiger partial charge in [-0.25, -0.2) is 0 Å². The van der Waals surface area contributed by atoms with Crippen molar-refractivity contribution in [1.82, 2.24) is 4.90 Å². The predicted molar refractivity (Wildman–Crippen MR) is 68.3 cm³/mol. The van der Waals surface area contributed by atoms with Crippen LogP contribution >= 0.6 is 0 Å². The van der Waals surface area contributed by atoms with Crippen LogP contribution in [0.1, 0.15) is 65.7 Å². The highest BCUT2D eigenvalue weighted by atomic mass is 16.2. The Morgan fingerprint density at radius 1 is 1.25 bits per heavy atom. The van der Waals surface area contributed by atoms with Crippen LogP contribution in [0, 0.1) is 5.92 Å². The Morgan fingerprint density at radius 2 is 1.88 bits per heavy atom. The van der Waals surface area contributed by atoms with Crippen LogP contribution in [0.2, 0.25) is 0 Å². The van der Waals surface area contributed by atoms with Gasteiger partial charge in [0.05, 0.1) is 0 Å². The van der Waals surface area contributed by atoms with E-state index in [4.69, 9.17) is 0 Å². The molecule has 0 saturated heterocycles. The molecule has 1 saturated carbocycles. The van der Waals surface area contributed by atoms with E-state index >= 15 is 0 Å². The van der Waals surface area contributed by atoms with Crippen molar-refractivity contribution in [3.8, 4) is 0 Å². The van der Waals surface area contributed by atoms with Crippen molar-refractivity contribution in [2.45, 2.75) is 71.8 Å². The van der Waals surface area contributed by atoms with Gasteiger partial charge in [0, 0.05) is 18.5 Å². The molecule has 0 aromatic heterocycles. The number of carbonyl (C=O) groups is 1. The molecule has 0 radical (unpaired) electrons. The molecule has 1 aliphatic rings. The fourth-order valence-electron chi connectivity index (χ4n) is 2.53. The third-order valence-corrected chi connectivity index (χ3v) is 3.55. The lowest BCUT2D eigenvalue weighted by Gasteiger charge is -2.35. The van der Waals surface area contributed by atoms with Gasteiger partial charge in [-0.2, -0.15) is 0 Å². The van der Waals surface area contributed by atoms with Crippen LogP contribution in [0.4, 0.5) is 0 Å². The summed E-state index contributed by atoms with van der Waals surface area (Å²) in [4.78, 5) is 14.3. The number of carbonyl (C=O) groups excluding carboxylic acids is 1. The van der Waals surface area contributed by atoms with E-state index in [-0.39, 0.29) is 5.92 Å². The van der Waals surface area contributed by atoms with E-state index in [1.165, 1.54) is 38.5 Å². The van der Waals surface area contributed by atoms with Crippen molar-refractivity contribution in [3.05, 3.63) is 0 Å². The van der Waals surface area contributed by atoms with Gasteiger partial charge < -0.3 is 4.90 Å². The first-order valence-electron chi connectivity index (χ1n) is 6.97. The minimum Gasteiger partial charge on any atom is -0.339 e. The molecule has 0 aromatic carbocycles. The van der Waals surface area contributed by atoms with Crippen LogP contribution in [0.25, 0.3) is 0 Å². The first kappa shape index (κ1) is 13.5. The minimum absolute atomic E-state index is 0.152. The molecule has 1 rings (SSSR count). The lowest BCUT2D eigenvalue weighted by atomic mass is 9.93. The van der Waals surface area contributed by atoms with Crippen LogP contribution in [0.3, 0.4) is 0 Å². The predicted octanol–water partition coefficient (Wildman–Crippen LogP) is 3.60. The molecule has 94 valence electrons. The third-order valence-electron chi connectivity index (χ3n) is 3.55. The monoisotopic (exact) mass is 225 g/mol. The molecule has 1 fully saturated rings. The molecule has 0 bridgehead atoms. The van der Waals surface area contributed by atoms with Gasteiger partial charge >= 0.3 is 0 Å². The lowest BCUT2D eigenvalue weighted by Crippen LogP contribution is -2.44. The molecular formula is C14H27NO. The zero-order valence-corrected chi connectivity index (χ0v) is 11.2. The van der Waals surface area contributed by atoms with Crippen LogP contribution in [0.5, 0.6) is 0 Å². The summed E-state index contributed by atoms with van der Waals surface area (Å²) in [5.41, 5.74) is 0. The summed E-state index contributed by atoms with van der Waals surface area (Å²) < 4.78 is 0. The molecule has 1 aliphatic carbocycles. The molecule has 0 aromatic rings. The van der Waals surface area contributed by atoms with Gasteiger partial charge in [0.2, 0.25) is 5.91 Å². The van der Waals surface area contributed by atoms with Gasteiger partial charge in [-0.05, 0) is 19.3 Å². The quantitative estimate of drug-likeness (QED) is 0.700. The molecular weight excluding hydrogens is 198 g/mol. The number of unbranched alkanes of at least 4 members (excludes halogenated alkanes) is 1. The van der Waals surface area contributed by atoms with E-state index in [0.717, 1.165) is 13.0 Å². The van der Waals surface area contributed by atoms with E-state index in [2.05, 4.69) is 11.8 Å². The van der Waals surface area contributed by atoms with Crippen LogP contribution in [-0.2, 0) is 4.79 Å². The van der Waals surface area contributed by atoms with Crippen molar-refractivity contribution < 1.29 is 4.79 Å². The number of amides is 1. The largest absolute Gasteiger partial charge is 0.339 e. The zero-order valence-electron chi connectivity index (χ0n) is 11.2. The second-order valence-electron chi connectivity index (χ2n) is 5.33. The molecule has 2 heteroatoms. The van der Waals surface area contributed by atoms with Crippen molar-refractivity contribution in [2.24, 2.45) is 5.92 Å². The Morgan fingerprint density at radius 3 is 2.38 bits per heavy atom. The minimum atomic E-state index is 0.152. The standard InChI is InChI=1S/C14H27NO/c1-4-5-11-15(14(16)12(2)3)13-9-7-6-8-10-13/h12-13H,4-11H2,1-3H3. The molecule has 0 heterocycles. The fourth-order valence-corrected chi connectivity index (χ4v) is 2.53. The molecule has 16 heavy (non-hydrogen) atoms. The van der Waals surface area contributed by atoms with Gasteiger partial charge in [0.25, 0.3) is 0 Å². The summed E-state index contributed by atoms with van der Waals surface area (Å²) in [5, 5.41) is 0. The lowest BCUT2D eigenvalue weighted by molar-refractivity contribution is -0.137. The number of hydrogen-bond acceptors (Lipinski definition) is 1. The van der Waals surface area contributed by atoms with Gasteiger partial charge in [0.1, 0.15) is 0 Å². The fraction of sp³-hybridized carbons (Fsp3) is 0.929. The average molecular weight is 225 g/mol. The number of rotatable bonds is 5. The molecule has 0 aliphatic heterocycles. The Balaban J connectivity index is 2.57. The van der Waals surface area contributed by atoms with Crippen LogP contribution in [-0.4, -0.2) is 23.4 Å². The van der Waals surface area contributed by atoms with Crippen molar-refractivity contribution in [2.75, 3.05) is 6.54 Å². The highest BCUT2D eigenvalue weighted by molar-refractivity contribution is 5.78. The molecule has 2 nitrogen and oxygen atoms in total. The summed E-state index contributed by atoms with van der Waals surface area (Å²) in [6.07, 6.45) is 8.74. The Kier molecular flexibility index (Phi) is 5.86. The average Bonchev–Trinajstić information content (AvgIpc) is 2.30. The SMILES string of the molecule is CCCCN(C(=O)C(C)C)C1CCCCC1. The topological polar surface area (TPSA) is 20.3 Å². The highest BCUT2D eigenvalue weighted by Gasteiger charge is 2.26. The summed E-state index contributed by atoms with van der Waals surface area (Å²) in [5.74, 6) is 0.513. The van der Waals surface area contributed by atoms with E-state index in [0.29, 0.717) is 11.9 Å². The normalized spacial score (nSPS) is 17.8. The summed E-state index contributed by atoms with van der Waals surface area (Å²) in [7, 11) is 0. The maximum Gasteiger partial charge on any atom is 0.225 e. The van der Waals surface area contributed by atoms with Gasteiger partial charge in [-0.15, -0.1) is 0 Å². The molecule has 1 amide bonds. The Bertz CT molecular complexity index is 207. The van der Waals surface area contributed by atoms with Crippen LogP contribution < -0.4 is 0 Å². The second kappa shape index (κ2) is 6.93. The summed E-state index contributed by atoms with van der Waals surface area (Å²) in [6, 6.07) is 0.537. The van der Waals surface area contributed by atoms with E-state index in [1.807, 2.05) is 13.8 Å². The smallest absolute Gasteiger partial charge is 0.225 e. The third kappa shape index (κ3) is 3.80. The maximum atomic E-state index is 12.2. The summed E-state index contributed by atoms with van der Waals surface area (Å²) >= 11 is 0. The van der Waals surface area contributed by atoms with E-state index in [9.17, 15) is 4.79 Å². The van der Waals surface area contributed by atoms with Crippen molar-refractivity contribution >= 4 is 5.91 Å². The number of hydrogen-bond donors (Lipinski definition) is 0. The Hall–Kier alpha value is -0.530. The first-order chi connectivity index (χ1) is 7.66.